The fourth-order valence-electron chi connectivity index (χ4n) is 4.52. The number of aromatic nitrogens is 4. The number of anilines is 2. The Kier molecular flexibility index (Phi) is 5.05. The first-order valence-electron chi connectivity index (χ1n) is 10.8. The summed E-state index contributed by atoms with van der Waals surface area (Å²) in [5.41, 5.74) is 9.27. The van der Waals surface area contributed by atoms with Crippen LogP contribution in [0.15, 0.2) is 36.8 Å². The van der Waals surface area contributed by atoms with Crippen molar-refractivity contribution >= 4 is 33.8 Å². The third-order valence-corrected chi connectivity index (χ3v) is 6.19. The van der Waals surface area contributed by atoms with Gasteiger partial charge in [-0.3, -0.25) is 9.48 Å². The van der Waals surface area contributed by atoms with E-state index in [4.69, 9.17) is 5.73 Å². The summed E-state index contributed by atoms with van der Waals surface area (Å²) in [7, 11) is 1.84. The highest BCUT2D eigenvalue weighted by Gasteiger charge is 2.23. The maximum atomic E-state index is 14.4. The summed E-state index contributed by atoms with van der Waals surface area (Å²) in [5.74, 6) is -0.259. The summed E-state index contributed by atoms with van der Waals surface area (Å²) in [6.07, 6.45) is 7.43. The minimum absolute atomic E-state index is 0.232. The number of aryl methyl sites for hydroxylation is 2. The Hall–Kier alpha value is -3.46. The molecule has 0 unspecified atom stereocenters. The molecular weight excluding hydrogens is 409 g/mol. The molecule has 1 aromatic carbocycles. The molecule has 1 aliphatic heterocycles. The van der Waals surface area contributed by atoms with E-state index in [0.717, 1.165) is 43.5 Å². The molecule has 166 valence electrons. The molecule has 4 heterocycles. The predicted octanol–water partition coefficient (Wildman–Crippen LogP) is 3.10. The number of amides is 1. The lowest BCUT2D eigenvalue weighted by atomic mass is 9.96. The van der Waals surface area contributed by atoms with Crippen LogP contribution in [0.2, 0.25) is 0 Å². The number of benzene rings is 1. The van der Waals surface area contributed by atoms with Gasteiger partial charge in [-0.1, -0.05) is 0 Å². The molecule has 5 rings (SSSR count). The molecule has 1 amide bonds. The monoisotopic (exact) mass is 435 g/mol. The van der Waals surface area contributed by atoms with Gasteiger partial charge in [-0.15, -0.1) is 0 Å². The van der Waals surface area contributed by atoms with E-state index in [1.54, 1.807) is 34.5 Å². The minimum atomic E-state index is -0.491. The van der Waals surface area contributed by atoms with Crippen molar-refractivity contribution in [1.82, 2.24) is 19.2 Å². The van der Waals surface area contributed by atoms with Crippen LogP contribution < -0.4 is 16.0 Å². The molecule has 0 bridgehead atoms. The topological polar surface area (TPSA) is 93.5 Å². The predicted molar refractivity (Wildman–Crippen MR) is 123 cm³/mol. The Morgan fingerprint density at radius 3 is 2.78 bits per heavy atom. The number of nitrogens with zero attached hydrogens (tertiary/aromatic N) is 5. The van der Waals surface area contributed by atoms with Gasteiger partial charge in [0.1, 0.15) is 5.52 Å². The second kappa shape index (κ2) is 7.90. The average molecular weight is 436 g/mol. The van der Waals surface area contributed by atoms with Gasteiger partial charge >= 0.3 is 0 Å². The van der Waals surface area contributed by atoms with Crippen molar-refractivity contribution in [2.45, 2.75) is 19.8 Å². The highest BCUT2D eigenvalue weighted by Crippen LogP contribution is 2.32. The summed E-state index contributed by atoms with van der Waals surface area (Å²) >= 11 is 0. The summed E-state index contributed by atoms with van der Waals surface area (Å²) in [6, 6.07) is 5.06. The van der Waals surface area contributed by atoms with Crippen molar-refractivity contribution in [3.8, 4) is 0 Å². The van der Waals surface area contributed by atoms with Crippen LogP contribution in [-0.2, 0) is 7.05 Å². The number of nitrogens with one attached hydrogen (secondary N) is 1. The van der Waals surface area contributed by atoms with Crippen LogP contribution >= 0.6 is 0 Å². The highest BCUT2D eigenvalue weighted by atomic mass is 19.1. The van der Waals surface area contributed by atoms with Gasteiger partial charge < -0.3 is 20.4 Å². The number of pyridine rings is 1. The van der Waals surface area contributed by atoms with Crippen LogP contribution in [0.1, 0.15) is 28.9 Å². The maximum Gasteiger partial charge on any atom is 0.257 e. The fourth-order valence-corrected chi connectivity index (χ4v) is 4.52. The molecule has 3 aromatic heterocycles. The zero-order valence-electron chi connectivity index (χ0n) is 18.2. The largest absolute Gasteiger partial charge is 0.371 e. The SMILES string of the molecule is Cc1cn2cc(NC(=O)c3ccc(N4CCC(CN)CC4)c4cn(C)nc34)cc(F)c2n1. The lowest BCUT2D eigenvalue weighted by Crippen LogP contribution is -2.36. The Labute approximate surface area is 184 Å². The van der Waals surface area contributed by atoms with E-state index < -0.39 is 5.82 Å². The fraction of sp³-hybridized carbons (Fsp3) is 0.348. The normalized spacial score (nSPS) is 15.1. The molecule has 3 N–H and O–H groups in total. The smallest absolute Gasteiger partial charge is 0.257 e. The van der Waals surface area contributed by atoms with E-state index in [2.05, 4.69) is 20.3 Å². The number of piperidine rings is 1. The Morgan fingerprint density at radius 1 is 1.25 bits per heavy atom. The molecule has 1 saturated heterocycles. The van der Waals surface area contributed by atoms with Gasteiger partial charge in [0, 0.05) is 55.9 Å². The van der Waals surface area contributed by atoms with Gasteiger partial charge in [0.25, 0.3) is 5.91 Å². The van der Waals surface area contributed by atoms with Crippen LogP contribution in [0.3, 0.4) is 0 Å². The lowest BCUT2D eigenvalue weighted by molar-refractivity contribution is 0.102. The molecule has 0 saturated carbocycles. The number of halogens is 1. The van der Waals surface area contributed by atoms with E-state index in [1.807, 2.05) is 19.3 Å². The molecule has 9 heteroatoms. The van der Waals surface area contributed by atoms with E-state index in [0.29, 0.717) is 28.4 Å². The summed E-state index contributed by atoms with van der Waals surface area (Å²) in [6.45, 7) is 4.38. The molecular formula is C23H26FN7O. The number of imidazole rings is 1. The first kappa shape index (κ1) is 20.4. The van der Waals surface area contributed by atoms with Gasteiger partial charge in [0.15, 0.2) is 11.5 Å². The Balaban J connectivity index is 1.46. The molecule has 32 heavy (non-hydrogen) atoms. The quantitative estimate of drug-likeness (QED) is 0.514. The van der Waals surface area contributed by atoms with Crippen LogP contribution in [0.4, 0.5) is 15.8 Å². The van der Waals surface area contributed by atoms with E-state index in [1.165, 1.54) is 6.07 Å². The molecule has 1 aliphatic rings. The van der Waals surface area contributed by atoms with E-state index in [9.17, 15) is 9.18 Å². The third-order valence-electron chi connectivity index (χ3n) is 6.19. The van der Waals surface area contributed by atoms with Gasteiger partial charge in [0.2, 0.25) is 0 Å². The standard InChI is InChI=1S/C23H26FN7O/c1-14-11-31-12-16(9-19(24)22(31)26-14)27-23(32)17-3-4-20(18-13-29(2)28-21(17)18)30-7-5-15(10-25)6-8-30/h3-4,9,11-13,15H,5-8,10,25H2,1-2H3,(H,27,32). The van der Waals surface area contributed by atoms with Crippen molar-refractivity contribution in [3.63, 3.8) is 0 Å². The number of nitrogens with two attached hydrogens (primary N) is 1. The van der Waals surface area contributed by atoms with Crippen molar-refractivity contribution < 1.29 is 9.18 Å². The van der Waals surface area contributed by atoms with Crippen LogP contribution in [0, 0.1) is 18.7 Å². The first-order chi connectivity index (χ1) is 15.4. The summed E-state index contributed by atoms with van der Waals surface area (Å²) in [4.78, 5) is 19.6. The van der Waals surface area contributed by atoms with E-state index in [-0.39, 0.29) is 11.6 Å². The third kappa shape index (κ3) is 3.58. The highest BCUT2D eigenvalue weighted by molar-refractivity contribution is 6.13. The molecule has 1 fully saturated rings. The number of hydrogen-bond donors (Lipinski definition) is 2. The van der Waals surface area contributed by atoms with Crippen molar-refractivity contribution in [3.05, 3.63) is 53.9 Å². The average Bonchev–Trinajstić information content (AvgIpc) is 3.34. The van der Waals surface area contributed by atoms with Gasteiger partial charge in [-0.05, 0) is 44.4 Å². The van der Waals surface area contributed by atoms with Crippen molar-refractivity contribution in [2.24, 2.45) is 18.7 Å². The molecule has 8 nitrogen and oxygen atoms in total. The molecule has 0 spiro atoms. The lowest BCUT2D eigenvalue weighted by Gasteiger charge is -2.33. The summed E-state index contributed by atoms with van der Waals surface area (Å²) < 4.78 is 17.7. The van der Waals surface area contributed by atoms with Gasteiger partial charge in [0.05, 0.1) is 16.9 Å². The zero-order chi connectivity index (χ0) is 22.4. The van der Waals surface area contributed by atoms with Gasteiger partial charge in [-0.2, -0.15) is 5.10 Å². The number of hydrogen-bond acceptors (Lipinski definition) is 5. The first-order valence-corrected chi connectivity index (χ1v) is 10.8. The number of rotatable bonds is 4. The molecule has 4 aromatic rings. The van der Waals surface area contributed by atoms with Crippen LogP contribution in [0.5, 0.6) is 0 Å². The molecule has 0 radical (unpaired) electrons. The Morgan fingerprint density at radius 2 is 2.03 bits per heavy atom. The Bertz CT molecular complexity index is 1320. The van der Waals surface area contributed by atoms with Gasteiger partial charge in [-0.25, -0.2) is 9.37 Å². The number of fused-ring (bicyclic) bond motifs is 2. The number of carbonyl (C=O) groups excluding carboxylic acids is 1. The number of carbonyl (C=O) groups is 1. The van der Waals surface area contributed by atoms with Crippen LogP contribution in [-0.4, -0.2) is 44.7 Å². The second-order valence-corrected chi connectivity index (χ2v) is 8.51. The zero-order valence-corrected chi connectivity index (χ0v) is 18.2. The van der Waals surface area contributed by atoms with Crippen molar-refractivity contribution in [1.29, 1.82) is 0 Å². The second-order valence-electron chi connectivity index (χ2n) is 8.51. The maximum absolute atomic E-state index is 14.4. The molecule has 0 aliphatic carbocycles. The minimum Gasteiger partial charge on any atom is -0.371 e. The van der Waals surface area contributed by atoms with Crippen LogP contribution in [0.25, 0.3) is 16.6 Å². The molecule has 0 atom stereocenters. The van der Waals surface area contributed by atoms with E-state index >= 15 is 0 Å². The summed E-state index contributed by atoms with van der Waals surface area (Å²) in [5, 5.41) is 8.29. The van der Waals surface area contributed by atoms with Crippen molar-refractivity contribution in [2.75, 3.05) is 29.9 Å².